The summed E-state index contributed by atoms with van der Waals surface area (Å²) in [4.78, 5) is 0. The molecule has 3 atom stereocenters. The second kappa shape index (κ2) is 6.18. The highest BCUT2D eigenvalue weighted by molar-refractivity contribution is 5.61. The van der Waals surface area contributed by atoms with E-state index in [4.69, 9.17) is 0 Å². The maximum absolute atomic E-state index is 13.2. The molecule has 2 aliphatic rings. The van der Waals surface area contributed by atoms with Crippen LogP contribution in [0.25, 0.3) is 11.8 Å². The maximum atomic E-state index is 13.2. The van der Waals surface area contributed by atoms with Crippen LogP contribution in [-0.4, -0.2) is 34.6 Å². The molecular formula is C21H24FN3O. The van der Waals surface area contributed by atoms with Gasteiger partial charge in [-0.1, -0.05) is 6.58 Å². The molecule has 136 valence electrons. The highest BCUT2D eigenvalue weighted by atomic mass is 19.1. The molecule has 1 aromatic heterocycles. The zero-order valence-corrected chi connectivity index (χ0v) is 15.2. The average Bonchev–Trinajstić information content (AvgIpc) is 2.91. The Kier molecular flexibility index (Phi) is 4.09. The number of piperidine rings is 1. The summed E-state index contributed by atoms with van der Waals surface area (Å²) in [6, 6.07) is 6.33. The van der Waals surface area contributed by atoms with Crippen LogP contribution in [0.15, 0.2) is 48.2 Å². The second-order valence-electron chi connectivity index (χ2n) is 7.47. The van der Waals surface area contributed by atoms with Gasteiger partial charge in [0.15, 0.2) is 0 Å². The summed E-state index contributed by atoms with van der Waals surface area (Å²) in [6.45, 7) is 10.5. The first-order valence-corrected chi connectivity index (χ1v) is 8.99. The minimum absolute atomic E-state index is 0.00996. The van der Waals surface area contributed by atoms with Crippen molar-refractivity contribution < 1.29 is 9.50 Å². The molecule has 0 amide bonds. The van der Waals surface area contributed by atoms with Gasteiger partial charge in [-0.3, -0.25) is 0 Å². The van der Waals surface area contributed by atoms with E-state index in [1.807, 2.05) is 17.8 Å². The Labute approximate surface area is 153 Å². The smallest absolute Gasteiger partial charge is 0.123 e. The lowest BCUT2D eigenvalue weighted by Gasteiger charge is -2.19. The lowest BCUT2D eigenvalue weighted by atomic mass is 9.88. The molecule has 1 saturated carbocycles. The van der Waals surface area contributed by atoms with Gasteiger partial charge in [0.2, 0.25) is 0 Å². The van der Waals surface area contributed by atoms with E-state index in [0.29, 0.717) is 11.8 Å². The first-order valence-electron chi connectivity index (χ1n) is 8.99. The van der Waals surface area contributed by atoms with E-state index in [-0.39, 0.29) is 17.8 Å². The van der Waals surface area contributed by atoms with Crippen LogP contribution in [0.3, 0.4) is 0 Å². The number of aromatic nitrogens is 2. The Balaban J connectivity index is 1.67. The van der Waals surface area contributed by atoms with Crippen molar-refractivity contribution in [3.63, 3.8) is 0 Å². The van der Waals surface area contributed by atoms with Crippen LogP contribution in [-0.2, 0) is 0 Å². The predicted octanol–water partition coefficient (Wildman–Crippen LogP) is 3.11. The lowest BCUT2D eigenvalue weighted by molar-refractivity contribution is 0.249. The molecular weight excluding hydrogens is 329 g/mol. The second-order valence-corrected chi connectivity index (χ2v) is 7.47. The molecule has 1 aliphatic carbocycles. The fourth-order valence-electron chi connectivity index (χ4n) is 4.53. The molecule has 4 nitrogen and oxygen atoms in total. The predicted molar refractivity (Wildman–Crippen MR) is 100 cm³/mol. The number of aliphatic hydroxyl groups is 1. The van der Waals surface area contributed by atoms with Crippen molar-refractivity contribution in [2.75, 3.05) is 19.7 Å². The first kappa shape index (κ1) is 17.2. The Morgan fingerprint density at radius 2 is 2.19 bits per heavy atom. The largest absolute Gasteiger partial charge is 0.396 e. The van der Waals surface area contributed by atoms with E-state index >= 15 is 0 Å². The molecule has 1 saturated heterocycles. The molecule has 2 fully saturated rings. The van der Waals surface area contributed by atoms with E-state index in [9.17, 15) is 9.50 Å². The summed E-state index contributed by atoms with van der Waals surface area (Å²) in [5.41, 5.74) is 5.02. The minimum Gasteiger partial charge on any atom is -0.396 e. The number of fused-ring (bicyclic) bond motifs is 1. The van der Waals surface area contributed by atoms with E-state index in [0.717, 1.165) is 41.2 Å². The van der Waals surface area contributed by atoms with Gasteiger partial charge in [-0.05, 0) is 79.3 Å². The number of rotatable bonds is 5. The molecule has 0 bridgehead atoms. The topological polar surface area (TPSA) is 50.1 Å². The number of hydrogen-bond acceptors (Lipinski definition) is 3. The van der Waals surface area contributed by atoms with Gasteiger partial charge in [-0.15, -0.1) is 0 Å². The highest BCUT2D eigenvalue weighted by Crippen LogP contribution is 2.65. The molecule has 2 aromatic rings. The zero-order valence-electron chi connectivity index (χ0n) is 15.2. The van der Waals surface area contributed by atoms with E-state index in [1.54, 1.807) is 12.1 Å². The Hall–Kier alpha value is -2.24. The SMILES string of the molecule is C=C(/C(C)=C\c1c(C)cnn1-c1ccc(F)cc1)[C@]12CNC[C@H]1[C@@H]2CO. The van der Waals surface area contributed by atoms with E-state index in [2.05, 4.69) is 30.0 Å². The maximum Gasteiger partial charge on any atom is 0.123 e. The number of benzene rings is 1. The lowest BCUT2D eigenvalue weighted by Crippen LogP contribution is -2.23. The molecule has 1 aliphatic heterocycles. The van der Waals surface area contributed by atoms with Gasteiger partial charge in [0.05, 0.1) is 17.6 Å². The molecule has 2 N–H and O–H groups in total. The number of aliphatic hydroxyl groups excluding tert-OH is 1. The molecule has 0 unspecified atom stereocenters. The summed E-state index contributed by atoms with van der Waals surface area (Å²) >= 11 is 0. The fraction of sp³-hybridized carbons (Fsp3) is 0.381. The summed E-state index contributed by atoms with van der Waals surface area (Å²) in [7, 11) is 0. The summed E-state index contributed by atoms with van der Waals surface area (Å²) in [5, 5.41) is 17.6. The van der Waals surface area contributed by atoms with Crippen molar-refractivity contribution in [2.24, 2.45) is 17.3 Å². The third-order valence-corrected chi connectivity index (χ3v) is 6.14. The number of nitrogens with one attached hydrogen (secondary N) is 1. The molecule has 5 heteroatoms. The fourth-order valence-corrected chi connectivity index (χ4v) is 4.53. The van der Waals surface area contributed by atoms with Crippen LogP contribution in [0.4, 0.5) is 4.39 Å². The van der Waals surface area contributed by atoms with Gasteiger partial charge >= 0.3 is 0 Å². The first-order chi connectivity index (χ1) is 12.5. The Morgan fingerprint density at radius 3 is 2.85 bits per heavy atom. The van der Waals surface area contributed by atoms with Gasteiger partial charge in [-0.2, -0.15) is 5.10 Å². The van der Waals surface area contributed by atoms with Crippen molar-refractivity contribution >= 4 is 6.08 Å². The van der Waals surface area contributed by atoms with Gasteiger partial charge in [0.1, 0.15) is 5.82 Å². The van der Waals surface area contributed by atoms with Gasteiger partial charge in [0.25, 0.3) is 0 Å². The minimum atomic E-state index is -0.262. The molecule has 1 aromatic carbocycles. The number of halogens is 1. The Morgan fingerprint density at radius 1 is 1.46 bits per heavy atom. The Bertz CT molecular complexity index is 877. The van der Waals surface area contributed by atoms with Gasteiger partial charge in [0, 0.05) is 18.6 Å². The number of nitrogens with zero attached hydrogens (tertiary/aromatic N) is 2. The van der Waals surface area contributed by atoms with Crippen molar-refractivity contribution in [1.29, 1.82) is 0 Å². The van der Waals surface area contributed by atoms with Crippen LogP contribution < -0.4 is 5.32 Å². The third kappa shape index (κ3) is 2.46. The molecule has 4 rings (SSSR count). The van der Waals surface area contributed by atoms with Crippen molar-refractivity contribution in [3.8, 4) is 5.69 Å². The summed E-state index contributed by atoms with van der Waals surface area (Å²) in [6.07, 6.45) is 3.92. The normalized spacial score (nSPS) is 27.5. The van der Waals surface area contributed by atoms with Crippen LogP contribution in [0, 0.1) is 30.0 Å². The van der Waals surface area contributed by atoms with Crippen LogP contribution in [0.2, 0.25) is 0 Å². The highest BCUT2D eigenvalue weighted by Gasteiger charge is 2.67. The molecule has 0 radical (unpaired) electrons. The quantitative estimate of drug-likeness (QED) is 0.812. The van der Waals surface area contributed by atoms with Crippen molar-refractivity contribution in [3.05, 3.63) is 65.3 Å². The monoisotopic (exact) mass is 353 g/mol. The standard InChI is InChI=1S/C21H24FN3O/c1-13(15(3)21-12-23-10-18(21)19(21)11-26)8-20-14(2)9-24-25(20)17-6-4-16(22)5-7-17/h4-9,18-19,23,26H,3,10-12H2,1-2H3/b13-8-/t18-,19-,21+/m0/s1. The van der Waals surface area contributed by atoms with E-state index in [1.165, 1.54) is 12.1 Å². The number of hydrogen-bond donors (Lipinski definition) is 2. The summed E-state index contributed by atoms with van der Waals surface area (Å²) < 4.78 is 15.1. The zero-order chi connectivity index (χ0) is 18.5. The third-order valence-electron chi connectivity index (χ3n) is 6.14. The number of aryl methyl sites for hydroxylation is 1. The van der Waals surface area contributed by atoms with Crippen molar-refractivity contribution in [2.45, 2.75) is 13.8 Å². The average molecular weight is 353 g/mol. The number of allylic oxidation sites excluding steroid dienone is 1. The molecule has 26 heavy (non-hydrogen) atoms. The van der Waals surface area contributed by atoms with Crippen LogP contribution in [0.1, 0.15) is 18.2 Å². The van der Waals surface area contributed by atoms with Crippen LogP contribution in [0.5, 0.6) is 0 Å². The van der Waals surface area contributed by atoms with Crippen molar-refractivity contribution in [1.82, 2.24) is 15.1 Å². The molecule has 2 heterocycles. The summed E-state index contributed by atoms with van der Waals surface area (Å²) in [5.74, 6) is 0.524. The van der Waals surface area contributed by atoms with Crippen LogP contribution >= 0.6 is 0 Å². The van der Waals surface area contributed by atoms with Gasteiger partial charge in [-0.25, -0.2) is 9.07 Å². The van der Waals surface area contributed by atoms with E-state index < -0.39 is 0 Å². The molecule has 0 spiro atoms. The van der Waals surface area contributed by atoms with Gasteiger partial charge < -0.3 is 10.4 Å².